The van der Waals surface area contributed by atoms with Gasteiger partial charge in [-0.2, -0.15) is 0 Å². The summed E-state index contributed by atoms with van der Waals surface area (Å²) in [5, 5.41) is 89.3. The number of hydrogen-bond donors (Lipinski definition) is 9. The second-order valence-corrected chi connectivity index (χ2v) is 9.17. The van der Waals surface area contributed by atoms with Gasteiger partial charge in [0.15, 0.2) is 52.1 Å². The summed E-state index contributed by atoms with van der Waals surface area (Å²) in [6.45, 7) is -0.738. The number of aromatic hydroxyl groups is 7. The topological polar surface area (TPSA) is 262 Å². The van der Waals surface area contributed by atoms with Crippen molar-refractivity contribution in [3.8, 4) is 51.7 Å². The highest BCUT2D eigenvalue weighted by molar-refractivity contribution is 5.91. The molecule has 1 aliphatic heterocycles. The zero-order chi connectivity index (χ0) is 31.6. The minimum Gasteiger partial charge on any atom is -0.504 e. The molecule has 0 bridgehead atoms. The SMILES string of the molecule is COc1cc(O[C@@H]2O[C@H](COC(=O)c3cc(O)c(O)c(O)c3)[C@@H](O)[C@H](O)[C@H]2OC(=O)c2cc(O)c(O)c(O)c2)ccc1O. The maximum absolute atomic E-state index is 12.8. The number of aliphatic hydroxyl groups excluding tert-OH is 2. The highest BCUT2D eigenvalue weighted by Crippen LogP contribution is 2.38. The van der Waals surface area contributed by atoms with Crippen molar-refractivity contribution in [1.29, 1.82) is 0 Å². The second-order valence-electron chi connectivity index (χ2n) is 9.17. The van der Waals surface area contributed by atoms with E-state index in [1.807, 2.05) is 0 Å². The second kappa shape index (κ2) is 12.3. The van der Waals surface area contributed by atoms with E-state index >= 15 is 0 Å². The zero-order valence-corrected chi connectivity index (χ0v) is 22.0. The first-order chi connectivity index (χ1) is 20.3. The molecule has 0 amide bonds. The average Bonchev–Trinajstić information content (AvgIpc) is 2.97. The van der Waals surface area contributed by atoms with Gasteiger partial charge in [-0.25, -0.2) is 9.59 Å². The van der Waals surface area contributed by atoms with Crippen molar-refractivity contribution < 1.29 is 79.2 Å². The number of methoxy groups -OCH3 is 1. The van der Waals surface area contributed by atoms with Gasteiger partial charge in [-0.05, 0) is 36.4 Å². The predicted octanol–water partition coefficient (Wildman–Crippen LogP) is 0.542. The van der Waals surface area contributed by atoms with Gasteiger partial charge in [0, 0.05) is 6.07 Å². The Hall–Kier alpha value is -5.32. The maximum Gasteiger partial charge on any atom is 0.339 e. The van der Waals surface area contributed by atoms with Crippen molar-refractivity contribution in [2.75, 3.05) is 13.7 Å². The molecule has 0 radical (unpaired) electrons. The lowest BCUT2D eigenvalue weighted by Crippen LogP contribution is -2.61. The third kappa shape index (κ3) is 6.45. The number of aliphatic hydroxyl groups is 2. The van der Waals surface area contributed by atoms with Crippen LogP contribution in [0.5, 0.6) is 51.7 Å². The van der Waals surface area contributed by atoms with Crippen LogP contribution in [0.1, 0.15) is 20.7 Å². The first-order valence-electron chi connectivity index (χ1n) is 12.2. The Labute approximate surface area is 241 Å². The van der Waals surface area contributed by atoms with Crippen LogP contribution in [0.25, 0.3) is 0 Å². The molecule has 16 nitrogen and oxygen atoms in total. The highest BCUT2D eigenvalue weighted by atomic mass is 16.7. The van der Waals surface area contributed by atoms with Gasteiger partial charge in [0.05, 0.1) is 18.2 Å². The Balaban J connectivity index is 1.58. The summed E-state index contributed by atoms with van der Waals surface area (Å²) in [5.41, 5.74) is -0.842. The number of hydrogen-bond acceptors (Lipinski definition) is 16. The quantitative estimate of drug-likeness (QED) is 0.125. The van der Waals surface area contributed by atoms with Gasteiger partial charge in [0.1, 0.15) is 30.7 Å². The molecule has 1 heterocycles. The van der Waals surface area contributed by atoms with Gasteiger partial charge in [0.25, 0.3) is 0 Å². The van der Waals surface area contributed by atoms with Crippen LogP contribution in [0, 0.1) is 0 Å². The minimum atomic E-state index is -1.95. The van der Waals surface area contributed by atoms with Crippen molar-refractivity contribution in [3.05, 3.63) is 53.6 Å². The summed E-state index contributed by atoms with van der Waals surface area (Å²) < 4.78 is 26.8. The van der Waals surface area contributed by atoms with Crippen LogP contribution in [-0.4, -0.2) is 102 Å². The van der Waals surface area contributed by atoms with Crippen LogP contribution >= 0.6 is 0 Å². The lowest BCUT2D eigenvalue weighted by molar-refractivity contribution is -0.276. The molecule has 1 aliphatic rings. The lowest BCUT2D eigenvalue weighted by atomic mass is 9.99. The van der Waals surface area contributed by atoms with E-state index in [4.69, 9.17) is 23.7 Å². The lowest BCUT2D eigenvalue weighted by Gasteiger charge is -2.41. The van der Waals surface area contributed by atoms with Crippen LogP contribution in [0.4, 0.5) is 0 Å². The summed E-state index contributed by atoms with van der Waals surface area (Å²) in [6.07, 6.45) is -8.85. The van der Waals surface area contributed by atoms with E-state index in [-0.39, 0.29) is 22.8 Å². The standard InChI is InChI=1S/C27H26O16/c1-39-18-8-12(2-3-13(18)28)41-27-24(43-26(38)11-6-16(31)21(34)17(32)7-11)23(36)22(35)19(42-27)9-40-25(37)10-4-14(29)20(33)15(30)5-10/h2-8,19,22-24,27-36H,9H2,1H3/t19-,22-,23+,24-,27-/m1/s1. The van der Waals surface area contributed by atoms with Gasteiger partial charge in [-0.3, -0.25) is 0 Å². The molecule has 3 aromatic rings. The fourth-order valence-electron chi connectivity index (χ4n) is 4.01. The van der Waals surface area contributed by atoms with Crippen molar-refractivity contribution in [3.63, 3.8) is 0 Å². The maximum atomic E-state index is 12.8. The minimum absolute atomic E-state index is 0.0247. The number of phenolic OH excluding ortho intramolecular Hbond substituents is 7. The third-order valence-corrected chi connectivity index (χ3v) is 6.28. The average molecular weight is 606 g/mol. The van der Waals surface area contributed by atoms with Crippen LogP contribution in [-0.2, 0) is 14.2 Å². The fraction of sp³-hybridized carbons (Fsp3) is 0.259. The molecule has 0 aliphatic carbocycles. The molecular weight excluding hydrogens is 580 g/mol. The van der Waals surface area contributed by atoms with Crippen LogP contribution in [0.3, 0.4) is 0 Å². The molecule has 1 saturated heterocycles. The summed E-state index contributed by atoms with van der Waals surface area (Å²) in [4.78, 5) is 25.3. The zero-order valence-electron chi connectivity index (χ0n) is 22.0. The van der Waals surface area contributed by atoms with E-state index in [0.717, 1.165) is 24.3 Å². The van der Waals surface area contributed by atoms with E-state index in [1.165, 1.54) is 25.3 Å². The molecule has 16 heteroatoms. The predicted molar refractivity (Wildman–Crippen MR) is 138 cm³/mol. The van der Waals surface area contributed by atoms with Gasteiger partial charge in [-0.15, -0.1) is 0 Å². The molecule has 0 saturated carbocycles. The number of benzene rings is 3. The van der Waals surface area contributed by atoms with E-state index in [0.29, 0.717) is 0 Å². The number of carbonyl (C=O) groups excluding carboxylic acids is 2. The summed E-state index contributed by atoms with van der Waals surface area (Å²) in [7, 11) is 1.26. The summed E-state index contributed by atoms with van der Waals surface area (Å²) in [5.74, 6) is -7.78. The number of ether oxygens (including phenoxy) is 5. The van der Waals surface area contributed by atoms with Crippen LogP contribution < -0.4 is 9.47 Å². The Morgan fingerprint density at radius 2 is 1.28 bits per heavy atom. The van der Waals surface area contributed by atoms with Crippen LogP contribution in [0.15, 0.2) is 42.5 Å². The van der Waals surface area contributed by atoms with E-state index in [1.54, 1.807) is 0 Å². The summed E-state index contributed by atoms with van der Waals surface area (Å²) >= 11 is 0. The Morgan fingerprint density at radius 1 is 0.744 bits per heavy atom. The Morgan fingerprint density at radius 3 is 1.81 bits per heavy atom. The molecule has 9 N–H and O–H groups in total. The monoisotopic (exact) mass is 606 g/mol. The first-order valence-corrected chi connectivity index (χ1v) is 12.2. The molecule has 230 valence electrons. The van der Waals surface area contributed by atoms with Crippen molar-refractivity contribution in [1.82, 2.24) is 0 Å². The smallest absolute Gasteiger partial charge is 0.339 e. The van der Waals surface area contributed by atoms with Crippen LogP contribution in [0.2, 0.25) is 0 Å². The highest BCUT2D eigenvalue weighted by Gasteiger charge is 2.49. The van der Waals surface area contributed by atoms with Gasteiger partial charge < -0.3 is 69.6 Å². The van der Waals surface area contributed by atoms with Crippen molar-refractivity contribution in [2.45, 2.75) is 30.7 Å². The van der Waals surface area contributed by atoms with Crippen molar-refractivity contribution in [2.24, 2.45) is 0 Å². The van der Waals surface area contributed by atoms with Crippen molar-refractivity contribution >= 4 is 11.9 Å². The summed E-state index contributed by atoms with van der Waals surface area (Å²) in [6, 6.07) is 6.85. The molecule has 5 atom stereocenters. The number of rotatable bonds is 8. The van der Waals surface area contributed by atoms with E-state index in [2.05, 4.69) is 0 Å². The molecule has 4 rings (SSSR count). The normalized spacial score (nSPS) is 21.5. The van der Waals surface area contributed by atoms with E-state index in [9.17, 15) is 55.5 Å². The molecule has 43 heavy (non-hydrogen) atoms. The number of phenols is 7. The molecule has 0 unspecified atom stereocenters. The largest absolute Gasteiger partial charge is 0.504 e. The number of carbonyl (C=O) groups is 2. The number of esters is 2. The van der Waals surface area contributed by atoms with E-state index < -0.39 is 89.3 Å². The molecule has 0 aromatic heterocycles. The molecule has 3 aromatic carbocycles. The first kappa shape index (κ1) is 30.6. The third-order valence-electron chi connectivity index (χ3n) is 6.28. The Bertz CT molecular complexity index is 1470. The van der Waals surface area contributed by atoms with Gasteiger partial charge >= 0.3 is 11.9 Å². The van der Waals surface area contributed by atoms with Gasteiger partial charge in [0.2, 0.25) is 6.29 Å². The fourth-order valence-corrected chi connectivity index (χ4v) is 4.01. The van der Waals surface area contributed by atoms with Gasteiger partial charge in [-0.1, -0.05) is 0 Å². The molecular formula is C27H26O16. The molecule has 0 spiro atoms. The Kier molecular flexibility index (Phi) is 8.74. The molecule has 1 fully saturated rings.